The molecular formula is C13H26N2O3S. The fraction of sp³-hybridized carbons (Fsp3) is 0.846. The third-order valence-electron chi connectivity index (χ3n) is 2.80. The minimum Gasteiger partial charge on any atom is -0.481 e. The van der Waals surface area contributed by atoms with Crippen LogP contribution in [0.15, 0.2) is 0 Å². The van der Waals surface area contributed by atoms with E-state index in [1.54, 1.807) is 11.8 Å². The zero-order chi connectivity index (χ0) is 14.8. The maximum Gasteiger partial charge on any atom is 0.303 e. The summed E-state index contributed by atoms with van der Waals surface area (Å²) in [6.45, 7) is 4.47. The normalized spacial score (nSPS) is 14.2. The molecule has 0 aliphatic heterocycles. The van der Waals surface area contributed by atoms with Gasteiger partial charge < -0.3 is 16.2 Å². The molecule has 0 spiro atoms. The summed E-state index contributed by atoms with van der Waals surface area (Å²) in [5.74, 6) is 0.208. The minimum absolute atomic E-state index is 0.0331. The van der Waals surface area contributed by atoms with Crippen molar-refractivity contribution in [1.82, 2.24) is 5.32 Å². The van der Waals surface area contributed by atoms with Crippen LogP contribution in [0, 0.1) is 11.8 Å². The van der Waals surface area contributed by atoms with E-state index in [2.05, 4.69) is 5.32 Å². The standard InChI is InChI=1S/C13H26N2O3S/c1-9(2)6-10(7-12(16)17)8-15-13(18)11(14)4-5-19-3/h9-11H,4-8,14H2,1-3H3,(H,15,18)(H,16,17)/t10?,11-/m0/s1. The molecule has 6 heteroatoms. The lowest BCUT2D eigenvalue weighted by Crippen LogP contribution is -2.43. The molecule has 5 nitrogen and oxygen atoms in total. The van der Waals surface area contributed by atoms with Crippen LogP contribution in [-0.2, 0) is 9.59 Å². The SMILES string of the molecule is CSCC[C@H](N)C(=O)NCC(CC(=O)O)CC(C)C. The van der Waals surface area contributed by atoms with Crippen LogP contribution in [0.3, 0.4) is 0 Å². The van der Waals surface area contributed by atoms with Gasteiger partial charge in [-0.2, -0.15) is 11.8 Å². The van der Waals surface area contributed by atoms with Crippen molar-refractivity contribution < 1.29 is 14.7 Å². The Bertz CT molecular complexity index is 285. The number of nitrogens with one attached hydrogen (secondary N) is 1. The fourth-order valence-electron chi connectivity index (χ4n) is 1.90. The van der Waals surface area contributed by atoms with Gasteiger partial charge in [0.25, 0.3) is 0 Å². The number of nitrogens with two attached hydrogens (primary N) is 1. The molecule has 0 aromatic heterocycles. The smallest absolute Gasteiger partial charge is 0.303 e. The van der Waals surface area contributed by atoms with Crippen molar-refractivity contribution in [2.45, 2.75) is 39.2 Å². The van der Waals surface area contributed by atoms with Crippen LogP contribution in [0.2, 0.25) is 0 Å². The lowest BCUT2D eigenvalue weighted by molar-refractivity contribution is -0.138. The molecule has 112 valence electrons. The van der Waals surface area contributed by atoms with Gasteiger partial charge >= 0.3 is 5.97 Å². The predicted molar refractivity (Wildman–Crippen MR) is 79.2 cm³/mol. The number of amides is 1. The monoisotopic (exact) mass is 290 g/mol. The zero-order valence-corrected chi connectivity index (χ0v) is 12.8. The van der Waals surface area contributed by atoms with Crippen molar-refractivity contribution in [3.63, 3.8) is 0 Å². The molecule has 0 aromatic rings. The summed E-state index contributed by atoms with van der Waals surface area (Å²) in [5, 5.41) is 11.6. The highest BCUT2D eigenvalue weighted by Gasteiger charge is 2.18. The molecule has 4 N–H and O–H groups in total. The third kappa shape index (κ3) is 9.78. The van der Waals surface area contributed by atoms with Gasteiger partial charge in [0.1, 0.15) is 0 Å². The highest BCUT2D eigenvalue weighted by Crippen LogP contribution is 2.14. The quantitative estimate of drug-likeness (QED) is 0.564. The van der Waals surface area contributed by atoms with E-state index in [0.717, 1.165) is 12.2 Å². The topological polar surface area (TPSA) is 92.4 Å². The predicted octanol–water partition coefficient (Wildman–Crippen LogP) is 1.32. The Morgan fingerprint density at radius 1 is 1.37 bits per heavy atom. The molecule has 0 rings (SSSR count). The van der Waals surface area contributed by atoms with Gasteiger partial charge in [0.2, 0.25) is 5.91 Å². The molecule has 2 atom stereocenters. The first-order valence-corrected chi connectivity index (χ1v) is 8.00. The van der Waals surface area contributed by atoms with E-state index >= 15 is 0 Å². The van der Waals surface area contributed by atoms with Crippen LogP contribution in [0.4, 0.5) is 0 Å². The average molecular weight is 290 g/mol. The molecule has 0 radical (unpaired) electrons. The molecule has 0 aromatic carbocycles. The van der Waals surface area contributed by atoms with Crippen molar-refractivity contribution in [2.75, 3.05) is 18.6 Å². The van der Waals surface area contributed by atoms with Crippen molar-refractivity contribution in [1.29, 1.82) is 0 Å². The molecule has 0 bridgehead atoms. The molecule has 0 fully saturated rings. The van der Waals surface area contributed by atoms with Gasteiger partial charge in [-0.25, -0.2) is 0 Å². The number of carboxylic acid groups (broad SMARTS) is 1. The summed E-state index contributed by atoms with van der Waals surface area (Å²) in [6, 6.07) is -0.503. The Hall–Kier alpha value is -0.750. The summed E-state index contributed by atoms with van der Waals surface area (Å²) in [4.78, 5) is 22.5. The van der Waals surface area contributed by atoms with E-state index in [1.807, 2.05) is 20.1 Å². The fourth-order valence-corrected chi connectivity index (χ4v) is 2.39. The second-order valence-corrected chi connectivity index (χ2v) is 6.21. The maximum atomic E-state index is 11.7. The van der Waals surface area contributed by atoms with E-state index in [4.69, 9.17) is 10.8 Å². The molecule has 1 unspecified atom stereocenters. The first kappa shape index (κ1) is 18.2. The average Bonchev–Trinajstić information content (AvgIpc) is 2.31. The maximum absolute atomic E-state index is 11.7. The first-order chi connectivity index (χ1) is 8.86. The van der Waals surface area contributed by atoms with Crippen LogP contribution in [-0.4, -0.2) is 41.6 Å². The lowest BCUT2D eigenvalue weighted by Gasteiger charge is -2.19. The second-order valence-electron chi connectivity index (χ2n) is 5.23. The minimum atomic E-state index is -0.827. The van der Waals surface area contributed by atoms with E-state index < -0.39 is 12.0 Å². The number of aliphatic carboxylic acids is 1. The Morgan fingerprint density at radius 3 is 2.47 bits per heavy atom. The number of carbonyl (C=O) groups is 2. The van der Waals surface area contributed by atoms with Gasteiger partial charge in [0.15, 0.2) is 0 Å². The number of hydrogen-bond donors (Lipinski definition) is 3. The van der Waals surface area contributed by atoms with Crippen molar-refractivity contribution in [3.05, 3.63) is 0 Å². The van der Waals surface area contributed by atoms with E-state index in [0.29, 0.717) is 18.9 Å². The number of hydrogen-bond acceptors (Lipinski definition) is 4. The van der Waals surface area contributed by atoms with Crippen LogP contribution in [0.5, 0.6) is 0 Å². The summed E-state index contributed by atoms with van der Waals surface area (Å²) in [7, 11) is 0. The van der Waals surface area contributed by atoms with Crippen LogP contribution >= 0.6 is 11.8 Å². The van der Waals surface area contributed by atoms with Crippen molar-refractivity contribution in [2.24, 2.45) is 17.6 Å². The Kier molecular flexibility index (Phi) is 9.69. The van der Waals surface area contributed by atoms with Gasteiger partial charge in [0, 0.05) is 13.0 Å². The zero-order valence-electron chi connectivity index (χ0n) is 12.0. The van der Waals surface area contributed by atoms with Gasteiger partial charge in [-0.3, -0.25) is 9.59 Å². The molecule has 0 saturated heterocycles. The van der Waals surface area contributed by atoms with Crippen molar-refractivity contribution >= 4 is 23.6 Å². The Morgan fingerprint density at radius 2 is 2.00 bits per heavy atom. The highest BCUT2D eigenvalue weighted by molar-refractivity contribution is 7.98. The number of thioether (sulfide) groups is 1. The third-order valence-corrected chi connectivity index (χ3v) is 3.45. The summed E-state index contributed by atoms with van der Waals surface area (Å²) < 4.78 is 0. The highest BCUT2D eigenvalue weighted by atomic mass is 32.2. The molecular weight excluding hydrogens is 264 g/mol. The number of carbonyl (C=O) groups excluding carboxylic acids is 1. The largest absolute Gasteiger partial charge is 0.481 e. The first-order valence-electron chi connectivity index (χ1n) is 6.60. The second kappa shape index (κ2) is 10.1. The van der Waals surface area contributed by atoms with E-state index in [9.17, 15) is 9.59 Å². The van der Waals surface area contributed by atoms with Gasteiger partial charge in [-0.05, 0) is 36.7 Å². The van der Waals surface area contributed by atoms with Crippen LogP contribution < -0.4 is 11.1 Å². The van der Waals surface area contributed by atoms with Crippen LogP contribution in [0.25, 0.3) is 0 Å². The molecule has 0 saturated carbocycles. The molecule has 0 aliphatic carbocycles. The Labute approximate surface area is 119 Å². The summed E-state index contributed by atoms with van der Waals surface area (Å²) >= 11 is 1.65. The van der Waals surface area contributed by atoms with Crippen LogP contribution in [0.1, 0.15) is 33.1 Å². The molecule has 0 aliphatic rings. The van der Waals surface area contributed by atoms with Gasteiger partial charge in [0.05, 0.1) is 6.04 Å². The number of carboxylic acids is 1. The van der Waals surface area contributed by atoms with E-state index in [1.165, 1.54) is 0 Å². The number of rotatable bonds is 10. The van der Waals surface area contributed by atoms with Gasteiger partial charge in [-0.15, -0.1) is 0 Å². The summed E-state index contributed by atoms with van der Waals surface area (Å²) in [6.07, 6.45) is 3.47. The Balaban J connectivity index is 4.14. The van der Waals surface area contributed by atoms with Gasteiger partial charge in [-0.1, -0.05) is 13.8 Å². The molecule has 0 heterocycles. The lowest BCUT2D eigenvalue weighted by atomic mass is 9.94. The summed E-state index contributed by atoms with van der Waals surface area (Å²) in [5.41, 5.74) is 5.75. The molecule has 1 amide bonds. The van der Waals surface area contributed by atoms with Crippen molar-refractivity contribution in [3.8, 4) is 0 Å². The molecule has 19 heavy (non-hydrogen) atoms. The van der Waals surface area contributed by atoms with E-state index in [-0.39, 0.29) is 18.2 Å².